The molecule has 0 unspecified atom stereocenters. The molecule has 0 amide bonds. The first-order valence-corrected chi connectivity index (χ1v) is 9.42. The predicted molar refractivity (Wildman–Crippen MR) is 104 cm³/mol. The Balaban J connectivity index is 1.67. The van der Waals surface area contributed by atoms with Crippen LogP contribution in [0.25, 0.3) is 11.2 Å². The fourth-order valence-corrected chi connectivity index (χ4v) is 3.83. The van der Waals surface area contributed by atoms with Crippen molar-refractivity contribution >= 4 is 22.9 Å². The highest BCUT2D eigenvalue weighted by Crippen LogP contribution is 2.27. The van der Waals surface area contributed by atoms with Gasteiger partial charge in [-0.1, -0.05) is 48.2 Å². The zero-order valence-corrected chi connectivity index (χ0v) is 15.2. The highest BCUT2D eigenvalue weighted by atomic mass is 32.2. The van der Waals surface area contributed by atoms with Crippen LogP contribution in [0.5, 0.6) is 0 Å². The number of hydrogen-bond acceptors (Lipinski definition) is 3. The number of aryl methyl sites for hydroxylation is 1. The quantitative estimate of drug-likeness (QED) is 0.456. The van der Waals surface area contributed by atoms with Crippen molar-refractivity contribution in [1.82, 2.24) is 14.5 Å². The third kappa shape index (κ3) is 3.48. The van der Waals surface area contributed by atoms with Gasteiger partial charge in [0.05, 0.1) is 6.54 Å². The lowest BCUT2D eigenvalue weighted by Gasteiger charge is -2.10. The molecular weight excluding hydrogens is 345 g/mol. The number of nitrogens with zero attached hydrogens (tertiary/aromatic N) is 3. The van der Waals surface area contributed by atoms with Crippen LogP contribution in [0, 0.1) is 12.7 Å². The minimum Gasteiger partial charge on any atom is -0.299 e. The summed E-state index contributed by atoms with van der Waals surface area (Å²) in [6.07, 6.45) is 1.80. The fourth-order valence-electron chi connectivity index (χ4n) is 2.88. The van der Waals surface area contributed by atoms with E-state index in [0.29, 0.717) is 0 Å². The number of pyridine rings is 1. The molecule has 4 aromatic rings. The molecule has 0 saturated carbocycles. The molecule has 2 aromatic heterocycles. The normalized spacial score (nSPS) is 11.2. The van der Waals surface area contributed by atoms with E-state index in [1.165, 1.54) is 23.3 Å². The Hall–Kier alpha value is -2.66. The van der Waals surface area contributed by atoms with E-state index in [1.54, 1.807) is 18.0 Å². The SMILES string of the molecule is Cc1ccccc1Cn1c(SCc2ccc(F)cc2)nc2cccnc21. The van der Waals surface area contributed by atoms with E-state index in [2.05, 4.69) is 34.7 Å². The highest BCUT2D eigenvalue weighted by Gasteiger charge is 2.13. The van der Waals surface area contributed by atoms with Crippen molar-refractivity contribution < 1.29 is 4.39 Å². The molecule has 0 aliphatic rings. The molecule has 0 aliphatic carbocycles. The van der Waals surface area contributed by atoms with Crippen molar-refractivity contribution in [3.8, 4) is 0 Å². The molecule has 5 heteroatoms. The molecule has 0 radical (unpaired) electrons. The molecule has 2 heterocycles. The van der Waals surface area contributed by atoms with Gasteiger partial charge < -0.3 is 0 Å². The molecule has 0 spiro atoms. The monoisotopic (exact) mass is 363 g/mol. The summed E-state index contributed by atoms with van der Waals surface area (Å²) in [6, 6.07) is 18.9. The van der Waals surface area contributed by atoms with Crippen molar-refractivity contribution in [3.05, 3.63) is 89.4 Å². The van der Waals surface area contributed by atoms with E-state index in [4.69, 9.17) is 4.98 Å². The second-order valence-electron chi connectivity index (χ2n) is 6.17. The maximum absolute atomic E-state index is 13.1. The fraction of sp³-hybridized carbons (Fsp3) is 0.143. The number of thioether (sulfide) groups is 1. The van der Waals surface area contributed by atoms with E-state index < -0.39 is 0 Å². The number of hydrogen-bond donors (Lipinski definition) is 0. The molecule has 0 bridgehead atoms. The second kappa shape index (κ2) is 7.30. The van der Waals surface area contributed by atoms with Crippen molar-refractivity contribution in [2.24, 2.45) is 0 Å². The van der Waals surface area contributed by atoms with Crippen molar-refractivity contribution in [2.75, 3.05) is 0 Å². The van der Waals surface area contributed by atoms with Gasteiger partial charge in [-0.15, -0.1) is 0 Å². The Bertz CT molecular complexity index is 1040. The lowest BCUT2D eigenvalue weighted by molar-refractivity contribution is 0.627. The summed E-state index contributed by atoms with van der Waals surface area (Å²) < 4.78 is 15.3. The van der Waals surface area contributed by atoms with Crippen molar-refractivity contribution in [2.45, 2.75) is 24.4 Å². The number of benzene rings is 2. The maximum Gasteiger partial charge on any atom is 0.170 e. The number of aromatic nitrogens is 3. The molecule has 4 rings (SSSR count). The number of fused-ring (bicyclic) bond motifs is 1. The van der Waals surface area contributed by atoms with Gasteiger partial charge in [-0.25, -0.2) is 14.4 Å². The van der Waals surface area contributed by atoms with E-state index in [1.807, 2.05) is 30.3 Å². The van der Waals surface area contributed by atoms with Crippen LogP contribution >= 0.6 is 11.8 Å². The van der Waals surface area contributed by atoms with Crippen LogP contribution in [0.4, 0.5) is 4.39 Å². The number of rotatable bonds is 5. The third-order valence-corrected chi connectivity index (χ3v) is 5.39. The van der Waals surface area contributed by atoms with Crippen LogP contribution in [0.1, 0.15) is 16.7 Å². The van der Waals surface area contributed by atoms with Crippen LogP contribution in [0.2, 0.25) is 0 Å². The largest absolute Gasteiger partial charge is 0.299 e. The predicted octanol–water partition coefficient (Wildman–Crippen LogP) is 5.22. The molecule has 0 atom stereocenters. The van der Waals surface area contributed by atoms with Gasteiger partial charge in [-0.3, -0.25) is 4.57 Å². The Labute approximate surface area is 155 Å². The zero-order valence-electron chi connectivity index (χ0n) is 14.4. The molecule has 130 valence electrons. The van der Waals surface area contributed by atoms with Crippen LogP contribution in [-0.2, 0) is 12.3 Å². The number of halogens is 1. The van der Waals surface area contributed by atoms with E-state index in [9.17, 15) is 4.39 Å². The highest BCUT2D eigenvalue weighted by molar-refractivity contribution is 7.98. The second-order valence-corrected chi connectivity index (χ2v) is 7.11. The summed E-state index contributed by atoms with van der Waals surface area (Å²) >= 11 is 1.65. The molecule has 0 fully saturated rings. The van der Waals surface area contributed by atoms with Gasteiger partial charge in [-0.2, -0.15) is 0 Å². The molecule has 0 N–H and O–H groups in total. The Morgan fingerprint density at radius 3 is 2.62 bits per heavy atom. The molecule has 3 nitrogen and oxygen atoms in total. The summed E-state index contributed by atoms with van der Waals surface area (Å²) in [4.78, 5) is 9.29. The first-order valence-electron chi connectivity index (χ1n) is 8.44. The Morgan fingerprint density at radius 1 is 1.00 bits per heavy atom. The average Bonchev–Trinajstić information content (AvgIpc) is 3.01. The lowest BCUT2D eigenvalue weighted by Crippen LogP contribution is -2.04. The molecule has 0 aliphatic heterocycles. The standard InChI is InChI=1S/C21H18FN3S/c1-15-5-2-3-6-17(15)13-25-20-19(7-4-12-23-20)24-21(25)26-14-16-8-10-18(22)11-9-16/h2-12H,13-14H2,1H3. The average molecular weight is 363 g/mol. The molecular formula is C21H18FN3S. The minimum absolute atomic E-state index is 0.213. The van der Waals surface area contributed by atoms with E-state index >= 15 is 0 Å². The zero-order chi connectivity index (χ0) is 17.9. The first-order chi connectivity index (χ1) is 12.7. The first kappa shape index (κ1) is 16.8. The number of imidazole rings is 1. The maximum atomic E-state index is 13.1. The van der Waals surface area contributed by atoms with Gasteiger partial charge >= 0.3 is 0 Å². The molecule has 0 saturated heterocycles. The van der Waals surface area contributed by atoms with Gasteiger partial charge in [0.25, 0.3) is 0 Å². The van der Waals surface area contributed by atoms with Crippen LogP contribution < -0.4 is 0 Å². The van der Waals surface area contributed by atoms with Crippen LogP contribution in [0.3, 0.4) is 0 Å². The summed E-state index contributed by atoms with van der Waals surface area (Å²) in [6.45, 7) is 2.85. The third-order valence-electron chi connectivity index (χ3n) is 4.34. The van der Waals surface area contributed by atoms with Crippen molar-refractivity contribution in [1.29, 1.82) is 0 Å². The van der Waals surface area contributed by atoms with Gasteiger partial charge in [0.2, 0.25) is 0 Å². The minimum atomic E-state index is -0.213. The van der Waals surface area contributed by atoms with E-state index in [-0.39, 0.29) is 5.82 Å². The van der Waals surface area contributed by atoms with Crippen molar-refractivity contribution in [3.63, 3.8) is 0 Å². The van der Waals surface area contributed by atoms with Crippen LogP contribution in [-0.4, -0.2) is 14.5 Å². The Morgan fingerprint density at radius 2 is 1.81 bits per heavy atom. The smallest absolute Gasteiger partial charge is 0.170 e. The van der Waals surface area contributed by atoms with Gasteiger partial charge in [0, 0.05) is 11.9 Å². The summed E-state index contributed by atoms with van der Waals surface area (Å²) in [5.41, 5.74) is 5.35. The topological polar surface area (TPSA) is 30.7 Å². The molecule has 2 aromatic carbocycles. The van der Waals surface area contributed by atoms with E-state index in [0.717, 1.165) is 34.2 Å². The van der Waals surface area contributed by atoms with Gasteiger partial charge in [-0.05, 0) is 47.9 Å². The summed E-state index contributed by atoms with van der Waals surface area (Å²) in [7, 11) is 0. The lowest BCUT2D eigenvalue weighted by atomic mass is 10.1. The van der Waals surface area contributed by atoms with Crippen LogP contribution in [0.15, 0.2) is 72.0 Å². The summed E-state index contributed by atoms with van der Waals surface area (Å²) in [5.74, 6) is 0.520. The Kier molecular flexibility index (Phi) is 4.71. The molecule has 26 heavy (non-hydrogen) atoms. The summed E-state index contributed by atoms with van der Waals surface area (Å²) in [5, 5.41) is 0.922. The van der Waals surface area contributed by atoms with Gasteiger partial charge in [0.15, 0.2) is 10.8 Å². The van der Waals surface area contributed by atoms with Gasteiger partial charge in [0.1, 0.15) is 11.3 Å².